The van der Waals surface area contributed by atoms with Gasteiger partial charge in [0.15, 0.2) is 0 Å². The van der Waals surface area contributed by atoms with Crippen molar-refractivity contribution in [3.63, 3.8) is 0 Å². The van der Waals surface area contributed by atoms with Gasteiger partial charge in [-0.25, -0.2) is 0 Å². The monoisotopic (exact) mass is 327 g/mol. The lowest BCUT2D eigenvalue weighted by molar-refractivity contribution is -0.385. The lowest BCUT2D eigenvalue weighted by atomic mass is 10.0. The normalized spacial score (nSPS) is 20.3. The number of nitrogens with one attached hydrogen (secondary N) is 1. The Morgan fingerprint density at radius 1 is 1.45 bits per heavy atom. The van der Waals surface area contributed by atoms with Gasteiger partial charge < -0.3 is 11.1 Å². The number of aryl methyl sites for hydroxylation is 1. The second-order valence-electron chi connectivity index (χ2n) is 5.46. The fourth-order valence-electron chi connectivity index (χ4n) is 2.93. The van der Waals surface area contributed by atoms with Crippen molar-refractivity contribution in [2.45, 2.75) is 38.6 Å². The molecule has 1 amide bonds. The minimum Gasteiger partial charge on any atom is -0.349 e. The second-order valence-corrected chi connectivity index (χ2v) is 5.46. The number of halogens is 1. The molecule has 1 aromatic rings. The number of hydrogen-bond donors (Lipinski definition) is 2. The lowest BCUT2D eigenvalue weighted by Crippen LogP contribution is -2.39. The average molecular weight is 328 g/mol. The van der Waals surface area contributed by atoms with Crippen LogP contribution in [0.4, 0.5) is 5.69 Å². The van der Waals surface area contributed by atoms with Crippen LogP contribution >= 0.6 is 12.4 Å². The summed E-state index contributed by atoms with van der Waals surface area (Å²) in [5.41, 5.74) is 6.68. The zero-order valence-electron chi connectivity index (χ0n) is 12.6. The number of nitro groups is 1. The number of hydrogen-bond acceptors (Lipinski definition) is 4. The average Bonchev–Trinajstić information content (AvgIpc) is 2.93. The van der Waals surface area contributed by atoms with Crippen LogP contribution in [-0.2, 0) is 6.42 Å². The van der Waals surface area contributed by atoms with Gasteiger partial charge in [-0.2, -0.15) is 0 Å². The molecule has 2 rings (SSSR count). The van der Waals surface area contributed by atoms with Gasteiger partial charge in [-0.1, -0.05) is 19.4 Å². The molecule has 1 aromatic carbocycles. The molecular formula is C15H22ClN3O3. The molecule has 0 aliphatic heterocycles. The van der Waals surface area contributed by atoms with Crippen molar-refractivity contribution in [3.8, 4) is 0 Å². The van der Waals surface area contributed by atoms with Gasteiger partial charge >= 0.3 is 0 Å². The van der Waals surface area contributed by atoms with E-state index in [0.717, 1.165) is 19.3 Å². The zero-order valence-corrected chi connectivity index (χ0v) is 13.4. The van der Waals surface area contributed by atoms with Gasteiger partial charge in [-0.05, 0) is 37.8 Å². The molecule has 1 aliphatic rings. The molecule has 22 heavy (non-hydrogen) atoms. The molecule has 6 nitrogen and oxygen atoms in total. The third-order valence-corrected chi connectivity index (χ3v) is 4.20. The maximum Gasteiger partial charge on any atom is 0.273 e. The van der Waals surface area contributed by atoms with Crippen molar-refractivity contribution < 1.29 is 9.72 Å². The fourth-order valence-corrected chi connectivity index (χ4v) is 2.93. The number of nitro benzene ring substituents is 1. The van der Waals surface area contributed by atoms with Gasteiger partial charge in [0.05, 0.1) is 4.92 Å². The van der Waals surface area contributed by atoms with Crippen LogP contribution in [0.5, 0.6) is 0 Å². The van der Waals surface area contributed by atoms with Crippen molar-refractivity contribution in [1.29, 1.82) is 0 Å². The number of nitrogens with zero attached hydrogens (tertiary/aromatic N) is 1. The van der Waals surface area contributed by atoms with Gasteiger partial charge in [0.25, 0.3) is 11.6 Å². The molecule has 0 bridgehead atoms. The number of amides is 1. The van der Waals surface area contributed by atoms with Crippen LogP contribution in [-0.4, -0.2) is 23.4 Å². The highest BCUT2D eigenvalue weighted by atomic mass is 35.5. The lowest BCUT2D eigenvalue weighted by Gasteiger charge is -2.19. The molecule has 7 heteroatoms. The molecule has 0 spiro atoms. The summed E-state index contributed by atoms with van der Waals surface area (Å²) in [5.74, 6) is 0.0463. The van der Waals surface area contributed by atoms with Crippen LogP contribution in [0, 0.1) is 16.0 Å². The summed E-state index contributed by atoms with van der Waals surface area (Å²) in [7, 11) is 0. The van der Waals surface area contributed by atoms with Crippen LogP contribution in [0.2, 0.25) is 0 Å². The van der Waals surface area contributed by atoms with E-state index >= 15 is 0 Å². The minimum atomic E-state index is -0.437. The number of nitrogens with two attached hydrogens (primary N) is 1. The molecule has 122 valence electrons. The van der Waals surface area contributed by atoms with E-state index in [-0.39, 0.29) is 30.0 Å². The van der Waals surface area contributed by atoms with Crippen LogP contribution < -0.4 is 11.1 Å². The molecule has 3 N–H and O–H groups in total. The van der Waals surface area contributed by atoms with Crippen molar-refractivity contribution in [2.75, 3.05) is 6.54 Å². The van der Waals surface area contributed by atoms with Crippen molar-refractivity contribution in [2.24, 2.45) is 11.7 Å². The summed E-state index contributed by atoms with van der Waals surface area (Å²) < 4.78 is 0. The molecule has 0 heterocycles. The molecule has 0 aromatic heterocycles. The third kappa shape index (κ3) is 3.96. The van der Waals surface area contributed by atoms with Crippen LogP contribution in [0.1, 0.15) is 42.1 Å². The molecule has 0 radical (unpaired) electrons. The highest BCUT2D eigenvalue weighted by Gasteiger charge is 2.28. The van der Waals surface area contributed by atoms with E-state index in [9.17, 15) is 14.9 Å². The second kappa shape index (κ2) is 8.10. The predicted octanol–water partition coefficient (Wildman–Crippen LogP) is 2.44. The predicted molar refractivity (Wildman–Crippen MR) is 87.4 cm³/mol. The third-order valence-electron chi connectivity index (χ3n) is 4.20. The first-order valence-corrected chi connectivity index (χ1v) is 7.35. The van der Waals surface area contributed by atoms with Gasteiger partial charge in [0.1, 0.15) is 0 Å². The number of benzene rings is 1. The van der Waals surface area contributed by atoms with Gasteiger partial charge in [0, 0.05) is 23.2 Å². The Hall–Kier alpha value is -1.66. The summed E-state index contributed by atoms with van der Waals surface area (Å²) in [6, 6.07) is 4.74. The van der Waals surface area contributed by atoms with E-state index < -0.39 is 4.92 Å². The Kier molecular flexibility index (Phi) is 6.77. The number of carbonyl (C=O) groups excluding carboxylic acids is 1. The standard InChI is InChI=1S/C15H21N3O3.ClH/c1-2-10-6-7-11(8-14(10)18(20)21)15(19)17-13-5-3-4-12(13)9-16;/h6-8,12-13H,2-5,9,16H2,1H3,(H,17,19);1H. The topological polar surface area (TPSA) is 98.3 Å². The smallest absolute Gasteiger partial charge is 0.273 e. The SMILES string of the molecule is CCc1ccc(C(=O)NC2CCCC2CN)cc1[N+](=O)[O-].Cl. The largest absolute Gasteiger partial charge is 0.349 e. The number of rotatable bonds is 5. The van der Waals surface area contributed by atoms with E-state index in [1.54, 1.807) is 12.1 Å². The summed E-state index contributed by atoms with van der Waals surface area (Å²) in [4.78, 5) is 22.9. The van der Waals surface area contributed by atoms with Crippen LogP contribution in [0.3, 0.4) is 0 Å². The highest BCUT2D eigenvalue weighted by molar-refractivity contribution is 5.95. The van der Waals surface area contributed by atoms with E-state index in [4.69, 9.17) is 5.73 Å². The Labute approximate surface area is 136 Å². The van der Waals surface area contributed by atoms with E-state index in [2.05, 4.69) is 5.32 Å². The van der Waals surface area contributed by atoms with Crippen molar-refractivity contribution in [1.82, 2.24) is 5.32 Å². The fraction of sp³-hybridized carbons (Fsp3) is 0.533. The van der Waals surface area contributed by atoms with E-state index in [0.29, 0.717) is 30.0 Å². The summed E-state index contributed by atoms with van der Waals surface area (Å²) in [6.45, 7) is 2.41. The molecule has 2 atom stereocenters. The number of carbonyl (C=O) groups is 1. The minimum absolute atomic E-state index is 0. The molecular weight excluding hydrogens is 306 g/mol. The summed E-state index contributed by atoms with van der Waals surface area (Å²) >= 11 is 0. The van der Waals surface area contributed by atoms with Crippen molar-refractivity contribution in [3.05, 3.63) is 39.4 Å². The first-order chi connectivity index (χ1) is 10.1. The zero-order chi connectivity index (χ0) is 15.4. The molecule has 1 aliphatic carbocycles. The van der Waals surface area contributed by atoms with Gasteiger partial charge in [-0.15, -0.1) is 12.4 Å². The van der Waals surface area contributed by atoms with E-state index in [1.807, 2.05) is 6.92 Å². The molecule has 0 saturated heterocycles. The van der Waals surface area contributed by atoms with Crippen LogP contribution in [0.15, 0.2) is 18.2 Å². The quantitative estimate of drug-likeness (QED) is 0.641. The van der Waals surface area contributed by atoms with Crippen LogP contribution in [0.25, 0.3) is 0 Å². The maximum atomic E-state index is 12.3. The maximum absolute atomic E-state index is 12.3. The first-order valence-electron chi connectivity index (χ1n) is 7.35. The molecule has 2 unspecified atom stereocenters. The Bertz CT molecular complexity index is 551. The summed E-state index contributed by atoms with van der Waals surface area (Å²) in [6.07, 6.45) is 3.57. The van der Waals surface area contributed by atoms with E-state index in [1.165, 1.54) is 6.07 Å². The summed E-state index contributed by atoms with van der Waals surface area (Å²) in [5, 5.41) is 14.0. The van der Waals surface area contributed by atoms with Gasteiger partial charge in [-0.3, -0.25) is 14.9 Å². The van der Waals surface area contributed by atoms with Crippen molar-refractivity contribution >= 4 is 24.0 Å². The van der Waals surface area contributed by atoms with Gasteiger partial charge in [0.2, 0.25) is 0 Å². The highest BCUT2D eigenvalue weighted by Crippen LogP contribution is 2.26. The Morgan fingerprint density at radius 2 is 2.18 bits per heavy atom. The Balaban J connectivity index is 0.00000242. The Morgan fingerprint density at radius 3 is 2.77 bits per heavy atom. The first kappa shape index (κ1) is 18.4. The molecule has 1 saturated carbocycles. The molecule has 1 fully saturated rings.